The van der Waals surface area contributed by atoms with Crippen LogP contribution in [0.15, 0.2) is 47.1 Å². The fourth-order valence-corrected chi connectivity index (χ4v) is 6.69. The number of primary amides is 1. The van der Waals surface area contributed by atoms with Crippen molar-refractivity contribution >= 4 is 17.5 Å². The van der Waals surface area contributed by atoms with Gasteiger partial charge in [0.15, 0.2) is 11.4 Å². The first-order valence-corrected chi connectivity index (χ1v) is 13.6. The molecule has 3 aliphatic carbocycles. The first-order valence-electron chi connectivity index (χ1n) is 13.6. The zero-order valence-corrected chi connectivity index (χ0v) is 23.7. The Balaban J connectivity index is 1.75. The number of likely N-dealkylation sites (N-methyl/N-ethyl adjacent to an activating group) is 1. The first kappa shape index (κ1) is 29.4. The van der Waals surface area contributed by atoms with Crippen LogP contribution in [0.4, 0.5) is 4.39 Å². The molecule has 0 saturated heterocycles. The van der Waals surface area contributed by atoms with E-state index in [1.54, 1.807) is 20.2 Å². The number of nitrogens with zero attached hydrogens (tertiary/aromatic N) is 3. The Bertz CT molecular complexity index is 1580. The van der Waals surface area contributed by atoms with E-state index >= 15 is 0 Å². The summed E-state index contributed by atoms with van der Waals surface area (Å²) >= 11 is 0. The third kappa shape index (κ3) is 4.20. The van der Waals surface area contributed by atoms with Gasteiger partial charge < -0.3 is 31.1 Å². The number of aliphatic hydroxyl groups excluding tert-OH is 2. The van der Waals surface area contributed by atoms with Gasteiger partial charge in [-0.2, -0.15) is 4.39 Å². The summed E-state index contributed by atoms with van der Waals surface area (Å²) in [7, 11) is 4.97. The predicted molar refractivity (Wildman–Crippen MR) is 149 cm³/mol. The minimum atomic E-state index is -2.72. The average Bonchev–Trinajstić information content (AvgIpc) is 2.92. The van der Waals surface area contributed by atoms with Crippen molar-refractivity contribution in [1.82, 2.24) is 14.8 Å². The van der Waals surface area contributed by atoms with Crippen molar-refractivity contribution in [2.45, 2.75) is 38.0 Å². The standard InChI is InChI=1S/C30H33FN4O7/c1-5-35(4)12-15-9-16(13-6-7-19(31)33-11-13)17-8-14-10-18-23(34(2)3)26(38)22(29(32)41)28(40)30(18,42)27(39)20(14)25(37)21(17)24(15)36/h6-7,9,11,14,18,23,36,38-39,42H,5,8,10,12H2,1-4H3,(H2,32,41)/t14-,18-,23-,30-/m0/s1. The highest BCUT2D eigenvalue weighted by Crippen LogP contribution is 2.53. The summed E-state index contributed by atoms with van der Waals surface area (Å²) in [6.07, 6.45) is 1.41. The van der Waals surface area contributed by atoms with Gasteiger partial charge in [-0.1, -0.05) is 6.92 Å². The number of pyridine rings is 1. The Morgan fingerprint density at radius 3 is 2.45 bits per heavy atom. The number of aliphatic hydroxyl groups is 3. The molecule has 222 valence electrons. The number of carbonyl (C=O) groups is 3. The smallest absolute Gasteiger partial charge is 0.255 e. The second-order valence-corrected chi connectivity index (χ2v) is 11.4. The lowest BCUT2D eigenvalue weighted by Gasteiger charge is -2.50. The molecule has 0 unspecified atom stereocenters. The highest BCUT2D eigenvalue weighted by Gasteiger charge is 2.63. The maximum absolute atomic E-state index is 14.2. The van der Waals surface area contributed by atoms with Crippen LogP contribution in [0.2, 0.25) is 0 Å². The summed E-state index contributed by atoms with van der Waals surface area (Å²) in [5, 5.41) is 45.7. The van der Waals surface area contributed by atoms with Crippen molar-refractivity contribution in [2.24, 2.45) is 17.6 Å². The summed E-state index contributed by atoms with van der Waals surface area (Å²) < 4.78 is 13.7. The number of rotatable bonds is 6. The van der Waals surface area contributed by atoms with Crippen LogP contribution in [0.1, 0.15) is 34.8 Å². The molecule has 0 saturated carbocycles. The fraction of sp³-hybridized carbons (Fsp3) is 0.400. The molecule has 3 aliphatic rings. The Morgan fingerprint density at radius 2 is 1.88 bits per heavy atom. The predicted octanol–water partition coefficient (Wildman–Crippen LogP) is 1.77. The number of nitrogens with two attached hydrogens (primary N) is 1. The molecule has 11 nitrogen and oxygen atoms in total. The molecule has 4 atom stereocenters. The van der Waals surface area contributed by atoms with Gasteiger partial charge in [-0.05, 0) is 75.8 Å². The van der Waals surface area contributed by atoms with E-state index in [0.717, 1.165) is 0 Å². The number of phenolic OH excluding ortho intramolecular Hbond substituents is 1. The number of phenols is 1. The van der Waals surface area contributed by atoms with Gasteiger partial charge in [0.25, 0.3) is 5.91 Å². The molecular weight excluding hydrogens is 547 g/mol. The molecule has 1 heterocycles. The Morgan fingerprint density at radius 1 is 1.19 bits per heavy atom. The van der Waals surface area contributed by atoms with Crippen molar-refractivity contribution in [3.63, 3.8) is 0 Å². The quantitative estimate of drug-likeness (QED) is 0.250. The Labute approximate surface area is 241 Å². The van der Waals surface area contributed by atoms with E-state index in [1.165, 1.54) is 23.2 Å². The third-order valence-corrected chi connectivity index (χ3v) is 8.82. The lowest BCUT2D eigenvalue weighted by molar-refractivity contribution is -0.148. The molecule has 5 rings (SSSR count). The van der Waals surface area contributed by atoms with Gasteiger partial charge in [0, 0.05) is 35.4 Å². The number of hydrogen-bond donors (Lipinski definition) is 5. The average molecular weight is 581 g/mol. The van der Waals surface area contributed by atoms with Gasteiger partial charge >= 0.3 is 0 Å². The molecule has 1 aromatic heterocycles. The van der Waals surface area contributed by atoms with Crippen LogP contribution in [-0.2, 0) is 22.6 Å². The van der Waals surface area contributed by atoms with Crippen molar-refractivity contribution in [1.29, 1.82) is 0 Å². The molecule has 42 heavy (non-hydrogen) atoms. The largest absolute Gasteiger partial charge is 0.510 e. The zero-order valence-electron chi connectivity index (χ0n) is 23.7. The SMILES string of the molecule is CCN(C)Cc1cc(-c2ccc(F)nc2)c2c(c1O)C(=O)C1=C(O)[C@]3(O)C(=O)C(C(N)=O)=C(O)[C@@H](N(C)C)[C@@H]3C[C@@H]1C2. The summed E-state index contributed by atoms with van der Waals surface area (Å²) in [6.45, 7) is 2.82. The molecule has 0 fully saturated rings. The van der Waals surface area contributed by atoms with E-state index in [-0.39, 0.29) is 36.3 Å². The highest BCUT2D eigenvalue weighted by molar-refractivity contribution is 6.25. The molecular formula is C30H33FN4O7. The Kier molecular flexibility index (Phi) is 7.20. The molecule has 1 amide bonds. The van der Waals surface area contributed by atoms with E-state index < -0.39 is 64.0 Å². The normalized spacial score (nSPS) is 25.6. The van der Waals surface area contributed by atoms with Gasteiger partial charge in [-0.25, -0.2) is 4.98 Å². The number of aromatic hydroxyl groups is 1. The highest BCUT2D eigenvalue weighted by atomic mass is 19.1. The number of halogens is 1. The van der Waals surface area contributed by atoms with Gasteiger partial charge in [-0.3, -0.25) is 19.3 Å². The monoisotopic (exact) mass is 580 g/mol. The fourth-order valence-electron chi connectivity index (χ4n) is 6.69. The molecule has 12 heteroatoms. The number of benzene rings is 1. The van der Waals surface area contributed by atoms with Crippen molar-refractivity contribution < 1.29 is 39.2 Å². The number of aromatic nitrogens is 1. The first-order chi connectivity index (χ1) is 19.7. The number of amides is 1. The van der Waals surface area contributed by atoms with Crippen LogP contribution in [0.3, 0.4) is 0 Å². The van der Waals surface area contributed by atoms with Gasteiger partial charge in [0.05, 0.1) is 11.6 Å². The van der Waals surface area contributed by atoms with E-state index in [9.17, 15) is 39.2 Å². The van der Waals surface area contributed by atoms with Crippen molar-refractivity contribution in [3.8, 4) is 16.9 Å². The summed E-state index contributed by atoms with van der Waals surface area (Å²) in [4.78, 5) is 47.0. The molecule has 2 aromatic rings. The minimum absolute atomic E-state index is 0.0338. The summed E-state index contributed by atoms with van der Waals surface area (Å²) in [6, 6.07) is 3.36. The number of allylic oxidation sites excluding steroid dienone is 1. The van der Waals surface area contributed by atoms with Crippen LogP contribution in [-0.4, -0.2) is 92.0 Å². The minimum Gasteiger partial charge on any atom is -0.510 e. The topological polar surface area (TPSA) is 178 Å². The van der Waals surface area contributed by atoms with Crippen LogP contribution in [0, 0.1) is 17.8 Å². The molecule has 0 aliphatic heterocycles. The van der Waals surface area contributed by atoms with E-state index in [2.05, 4.69) is 4.98 Å². The molecule has 1 aromatic carbocycles. The van der Waals surface area contributed by atoms with Gasteiger partial charge in [-0.15, -0.1) is 0 Å². The van der Waals surface area contributed by atoms with Crippen molar-refractivity contribution in [3.05, 3.63) is 69.7 Å². The van der Waals surface area contributed by atoms with Crippen LogP contribution in [0.25, 0.3) is 11.1 Å². The molecule has 0 spiro atoms. The van der Waals surface area contributed by atoms with E-state index in [0.29, 0.717) is 28.8 Å². The maximum atomic E-state index is 14.2. The zero-order chi connectivity index (χ0) is 30.8. The number of Topliss-reactive ketones (excluding diaryl/α,β-unsaturated/α-hetero) is 2. The number of ketones is 2. The number of hydrogen-bond acceptors (Lipinski definition) is 10. The lowest BCUT2D eigenvalue weighted by atomic mass is 9.58. The number of carbonyl (C=O) groups excluding carboxylic acids is 3. The number of fused-ring (bicyclic) bond motifs is 3. The van der Waals surface area contributed by atoms with Crippen molar-refractivity contribution in [2.75, 3.05) is 27.7 Å². The van der Waals surface area contributed by atoms with Crippen LogP contribution in [0.5, 0.6) is 5.75 Å². The van der Waals surface area contributed by atoms with Crippen LogP contribution < -0.4 is 5.73 Å². The van der Waals surface area contributed by atoms with Gasteiger partial charge in [0.2, 0.25) is 11.7 Å². The van der Waals surface area contributed by atoms with E-state index in [1.807, 2.05) is 18.9 Å². The second kappa shape index (κ2) is 10.3. The summed E-state index contributed by atoms with van der Waals surface area (Å²) in [5.41, 5.74) is 3.38. The maximum Gasteiger partial charge on any atom is 0.255 e. The third-order valence-electron chi connectivity index (χ3n) is 8.82. The molecule has 0 radical (unpaired) electrons. The van der Waals surface area contributed by atoms with Crippen LogP contribution >= 0.6 is 0 Å². The van der Waals surface area contributed by atoms with E-state index in [4.69, 9.17) is 5.73 Å². The molecule has 6 N–H and O–H groups in total. The Hall–Kier alpha value is -4.13. The summed E-state index contributed by atoms with van der Waals surface area (Å²) in [5.74, 6) is -7.77. The molecule has 0 bridgehead atoms. The van der Waals surface area contributed by atoms with Gasteiger partial charge in [0.1, 0.15) is 22.8 Å². The second-order valence-electron chi connectivity index (χ2n) is 11.4. The lowest BCUT2D eigenvalue weighted by Crippen LogP contribution is -2.63.